The maximum Gasteiger partial charge on any atom is 0.196 e. The summed E-state index contributed by atoms with van der Waals surface area (Å²) in [7, 11) is 1.37. The fourth-order valence-electron chi connectivity index (χ4n) is 2.28. The van der Waals surface area contributed by atoms with E-state index in [2.05, 4.69) is 4.98 Å². The molecule has 3 nitrogen and oxygen atoms in total. The fraction of sp³-hybridized carbons (Fsp3) is 0.0588. The summed E-state index contributed by atoms with van der Waals surface area (Å²) in [6.45, 7) is 0. The third-order valence-electron chi connectivity index (χ3n) is 3.32. The quantitative estimate of drug-likeness (QED) is 0.688. The third kappa shape index (κ3) is 2.25. The van der Waals surface area contributed by atoms with E-state index in [9.17, 15) is 9.18 Å². The van der Waals surface area contributed by atoms with Gasteiger partial charge in [0, 0.05) is 17.1 Å². The highest BCUT2D eigenvalue weighted by atomic mass is 19.1. The molecule has 2 aromatic carbocycles. The third-order valence-corrected chi connectivity index (χ3v) is 3.32. The average molecular weight is 281 g/mol. The van der Waals surface area contributed by atoms with E-state index in [0.29, 0.717) is 16.5 Å². The molecule has 0 saturated carbocycles. The van der Waals surface area contributed by atoms with Crippen LogP contribution in [0.25, 0.3) is 10.9 Å². The zero-order valence-corrected chi connectivity index (χ0v) is 11.3. The molecule has 1 heterocycles. The Morgan fingerprint density at radius 3 is 2.67 bits per heavy atom. The number of ether oxygens (including phenoxy) is 1. The van der Waals surface area contributed by atoms with Crippen molar-refractivity contribution in [1.29, 1.82) is 0 Å². The maximum absolute atomic E-state index is 14.2. The zero-order valence-electron chi connectivity index (χ0n) is 11.3. The van der Waals surface area contributed by atoms with Gasteiger partial charge in [-0.2, -0.15) is 0 Å². The lowest BCUT2D eigenvalue weighted by molar-refractivity contribution is 0.103. The Hall–Kier alpha value is -2.75. The van der Waals surface area contributed by atoms with Crippen molar-refractivity contribution < 1.29 is 13.9 Å². The van der Waals surface area contributed by atoms with Gasteiger partial charge in [-0.15, -0.1) is 0 Å². The number of hydrogen-bond acceptors (Lipinski definition) is 3. The molecule has 0 amide bonds. The molecule has 0 atom stereocenters. The van der Waals surface area contributed by atoms with Crippen LogP contribution in [-0.4, -0.2) is 17.9 Å². The van der Waals surface area contributed by atoms with Gasteiger partial charge in [-0.1, -0.05) is 24.3 Å². The van der Waals surface area contributed by atoms with Gasteiger partial charge < -0.3 is 4.74 Å². The molecule has 0 spiro atoms. The summed E-state index contributed by atoms with van der Waals surface area (Å²) in [6.07, 6.45) is 1.55. The first-order valence-electron chi connectivity index (χ1n) is 6.43. The summed E-state index contributed by atoms with van der Waals surface area (Å²) in [5.41, 5.74) is 1.12. The lowest BCUT2D eigenvalue weighted by atomic mass is 9.99. The largest absolute Gasteiger partial charge is 0.494 e. The Balaban J connectivity index is 2.18. The summed E-state index contributed by atoms with van der Waals surface area (Å²) in [6, 6.07) is 13.4. The lowest BCUT2D eigenvalue weighted by Crippen LogP contribution is -2.06. The van der Waals surface area contributed by atoms with Crippen LogP contribution >= 0.6 is 0 Å². The van der Waals surface area contributed by atoms with Gasteiger partial charge in [-0.25, -0.2) is 4.39 Å². The second-order valence-electron chi connectivity index (χ2n) is 4.53. The number of benzene rings is 2. The minimum atomic E-state index is -0.647. The Kier molecular flexibility index (Phi) is 3.36. The van der Waals surface area contributed by atoms with E-state index in [1.54, 1.807) is 24.4 Å². The number of carbonyl (C=O) groups excluding carboxylic acids is 1. The number of hydrogen-bond donors (Lipinski definition) is 0. The van der Waals surface area contributed by atoms with Gasteiger partial charge in [0.05, 0.1) is 18.2 Å². The summed E-state index contributed by atoms with van der Waals surface area (Å²) < 4.78 is 19.2. The molecule has 0 unspecified atom stereocenters. The molecular formula is C17H12FNO2. The molecule has 0 fully saturated rings. The number of pyridine rings is 1. The predicted molar refractivity (Wildman–Crippen MR) is 78.1 cm³/mol. The van der Waals surface area contributed by atoms with Crippen molar-refractivity contribution in [2.75, 3.05) is 7.11 Å². The van der Waals surface area contributed by atoms with E-state index in [-0.39, 0.29) is 17.1 Å². The predicted octanol–water partition coefficient (Wildman–Crippen LogP) is 3.61. The normalized spacial score (nSPS) is 10.6. The van der Waals surface area contributed by atoms with E-state index < -0.39 is 5.82 Å². The number of fused-ring (bicyclic) bond motifs is 1. The van der Waals surface area contributed by atoms with Crippen molar-refractivity contribution in [2.45, 2.75) is 0 Å². The molecule has 0 saturated heterocycles. The zero-order chi connectivity index (χ0) is 14.8. The molecule has 3 rings (SSSR count). The summed E-state index contributed by atoms with van der Waals surface area (Å²) in [5.74, 6) is -0.977. The standard InChI is InChI=1S/C17H12FNO2/c1-21-15-8-4-6-13(16(15)18)17(20)12-9-10-19-14-7-3-2-5-11(12)14/h2-10H,1H3. The van der Waals surface area contributed by atoms with Crippen LogP contribution in [0.5, 0.6) is 5.75 Å². The van der Waals surface area contributed by atoms with Crippen LogP contribution in [0.1, 0.15) is 15.9 Å². The minimum absolute atomic E-state index is 0.00861. The molecule has 0 bridgehead atoms. The van der Waals surface area contributed by atoms with Crippen LogP contribution in [0.3, 0.4) is 0 Å². The number of para-hydroxylation sites is 1. The van der Waals surface area contributed by atoms with Crippen LogP contribution in [-0.2, 0) is 0 Å². The molecule has 0 aliphatic rings. The number of rotatable bonds is 3. The van der Waals surface area contributed by atoms with Crippen LogP contribution in [0.15, 0.2) is 54.7 Å². The first-order chi connectivity index (χ1) is 10.2. The number of ketones is 1. The molecule has 1 aromatic heterocycles. The van der Waals surface area contributed by atoms with E-state index in [0.717, 1.165) is 0 Å². The summed E-state index contributed by atoms with van der Waals surface area (Å²) >= 11 is 0. The van der Waals surface area contributed by atoms with Gasteiger partial charge in [0.25, 0.3) is 0 Å². The monoisotopic (exact) mass is 281 g/mol. The van der Waals surface area contributed by atoms with Gasteiger partial charge in [0.2, 0.25) is 0 Å². The molecule has 4 heteroatoms. The molecule has 0 aliphatic heterocycles. The Bertz CT molecular complexity index is 825. The molecule has 0 N–H and O–H groups in total. The summed E-state index contributed by atoms with van der Waals surface area (Å²) in [5, 5.41) is 0.701. The number of nitrogens with zero attached hydrogens (tertiary/aromatic N) is 1. The van der Waals surface area contributed by atoms with E-state index in [1.807, 2.05) is 18.2 Å². The first kappa shape index (κ1) is 13.2. The smallest absolute Gasteiger partial charge is 0.196 e. The maximum atomic E-state index is 14.2. The highest BCUT2D eigenvalue weighted by Crippen LogP contribution is 2.25. The van der Waals surface area contributed by atoms with Crippen molar-refractivity contribution in [2.24, 2.45) is 0 Å². The average Bonchev–Trinajstić information content (AvgIpc) is 2.54. The van der Waals surface area contributed by atoms with Crippen molar-refractivity contribution in [3.05, 3.63) is 71.7 Å². The van der Waals surface area contributed by atoms with Gasteiger partial charge >= 0.3 is 0 Å². The first-order valence-corrected chi connectivity index (χ1v) is 6.43. The van der Waals surface area contributed by atoms with Crippen LogP contribution < -0.4 is 4.74 Å². The molecule has 0 radical (unpaired) electrons. The SMILES string of the molecule is COc1cccc(C(=O)c2ccnc3ccccc23)c1F. The highest BCUT2D eigenvalue weighted by molar-refractivity contribution is 6.16. The van der Waals surface area contributed by atoms with Crippen LogP contribution in [0, 0.1) is 5.82 Å². The molecule has 21 heavy (non-hydrogen) atoms. The number of carbonyl (C=O) groups is 1. The van der Waals surface area contributed by atoms with Crippen LogP contribution in [0.4, 0.5) is 4.39 Å². The summed E-state index contributed by atoms with van der Waals surface area (Å²) in [4.78, 5) is 16.8. The molecule has 104 valence electrons. The van der Waals surface area contributed by atoms with Crippen molar-refractivity contribution in [3.8, 4) is 5.75 Å². The lowest BCUT2D eigenvalue weighted by Gasteiger charge is -2.08. The Morgan fingerprint density at radius 1 is 1.05 bits per heavy atom. The Morgan fingerprint density at radius 2 is 1.86 bits per heavy atom. The van der Waals surface area contributed by atoms with Crippen LogP contribution in [0.2, 0.25) is 0 Å². The number of halogens is 1. The fourth-order valence-corrected chi connectivity index (χ4v) is 2.28. The van der Waals surface area contributed by atoms with Gasteiger partial charge in [0.1, 0.15) is 0 Å². The highest BCUT2D eigenvalue weighted by Gasteiger charge is 2.19. The number of aromatic nitrogens is 1. The van der Waals surface area contributed by atoms with E-state index >= 15 is 0 Å². The molecule has 3 aromatic rings. The van der Waals surface area contributed by atoms with Gasteiger partial charge in [0.15, 0.2) is 17.3 Å². The van der Waals surface area contributed by atoms with Crippen molar-refractivity contribution >= 4 is 16.7 Å². The van der Waals surface area contributed by atoms with E-state index in [1.165, 1.54) is 19.2 Å². The minimum Gasteiger partial charge on any atom is -0.494 e. The molecule has 0 aliphatic carbocycles. The second kappa shape index (κ2) is 5.32. The number of methoxy groups -OCH3 is 1. The van der Waals surface area contributed by atoms with Crippen molar-refractivity contribution in [3.63, 3.8) is 0 Å². The van der Waals surface area contributed by atoms with Gasteiger partial charge in [-0.3, -0.25) is 9.78 Å². The second-order valence-corrected chi connectivity index (χ2v) is 4.53. The topological polar surface area (TPSA) is 39.2 Å². The van der Waals surface area contributed by atoms with E-state index in [4.69, 9.17) is 4.74 Å². The Labute approximate surface area is 121 Å². The van der Waals surface area contributed by atoms with Crippen molar-refractivity contribution in [1.82, 2.24) is 4.98 Å². The van der Waals surface area contributed by atoms with Gasteiger partial charge in [-0.05, 0) is 24.3 Å². The molecular weight excluding hydrogens is 269 g/mol.